The standard InChI is InChI=1S/C57H100NO8P/c1-6-8-10-12-14-15-16-17-18-19-20-21-22-23-24-25-26-27-28-29-30-31-32-33-34-35-36-37-38-39-40-41-42-43-44-46-48-50-57(60)66-55(53-63-56(59)49-47-45-13-11-9-7-2)54-65-67(61,62)64-52-51-58(3,4)5/h8,10,14-15,17-18,20-21,23-24,26-27,29-30,55H,6-7,9,11-13,16,19,22,25,28,31-54H2,1-5H3/p+1/b10-8-,15-14-,18-17-,21-20-,24-23-,27-26-,30-29-. The van der Waals surface area contributed by atoms with Crippen molar-refractivity contribution in [3.05, 3.63) is 85.1 Å². The fraction of sp³-hybridized carbons (Fsp3) is 0.719. The monoisotopic (exact) mass is 959 g/mol. The Balaban J connectivity index is 3.91. The summed E-state index contributed by atoms with van der Waals surface area (Å²) in [7, 11) is 1.47. The maximum Gasteiger partial charge on any atom is 0.472 e. The third-order valence-corrected chi connectivity index (χ3v) is 12.2. The number of phosphoric ester groups is 1. The van der Waals surface area contributed by atoms with Crippen LogP contribution in [0, 0.1) is 0 Å². The van der Waals surface area contributed by atoms with Gasteiger partial charge in [0.2, 0.25) is 0 Å². The van der Waals surface area contributed by atoms with Crippen LogP contribution in [-0.4, -0.2) is 74.9 Å². The minimum absolute atomic E-state index is 0.0304. The van der Waals surface area contributed by atoms with Gasteiger partial charge in [0.25, 0.3) is 0 Å². The highest BCUT2D eigenvalue weighted by Crippen LogP contribution is 2.43. The van der Waals surface area contributed by atoms with Crippen LogP contribution in [0.1, 0.15) is 213 Å². The van der Waals surface area contributed by atoms with Crippen molar-refractivity contribution in [2.75, 3.05) is 47.5 Å². The van der Waals surface area contributed by atoms with Crippen molar-refractivity contribution in [3.63, 3.8) is 0 Å². The molecule has 0 rings (SSSR count). The molecule has 0 aromatic rings. The molecule has 0 aliphatic rings. The van der Waals surface area contributed by atoms with Gasteiger partial charge in [-0.1, -0.05) is 214 Å². The average Bonchev–Trinajstić information content (AvgIpc) is 3.29. The van der Waals surface area contributed by atoms with Crippen LogP contribution in [0.15, 0.2) is 85.1 Å². The van der Waals surface area contributed by atoms with Crippen LogP contribution in [0.4, 0.5) is 0 Å². The van der Waals surface area contributed by atoms with Crippen LogP contribution >= 0.6 is 7.82 Å². The molecule has 1 N–H and O–H groups in total. The molecule has 10 heteroatoms. The van der Waals surface area contributed by atoms with Gasteiger partial charge in [0.15, 0.2) is 6.10 Å². The first-order valence-corrected chi connectivity index (χ1v) is 28.3. The number of hydrogen-bond donors (Lipinski definition) is 1. The van der Waals surface area contributed by atoms with E-state index in [9.17, 15) is 19.0 Å². The first-order valence-electron chi connectivity index (χ1n) is 26.8. The number of unbranched alkanes of at least 4 members (excludes halogenated alkanes) is 20. The Morgan fingerprint density at radius 3 is 1.27 bits per heavy atom. The number of likely N-dealkylation sites (N-methyl/N-ethyl adjacent to an activating group) is 1. The van der Waals surface area contributed by atoms with E-state index in [0.717, 1.165) is 89.9 Å². The van der Waals surface area contributed by atoms with E-state index >= 15 is 0 Å². The van der Waals surface area contributed by atoms with Gasteiger partial charge in [-0.3, -0.25) is 18.6 Å². The van der Waals surface area contributed by atoms with Gasteiger partial charge in [-0.25, -0.2) is 4.57 Å². The molecule has 0 radical (unpaired) electrons. The number of nitrogens with zero attached hydrogens (tertiary/aromatic N) is 1. The highest BCUT2D eigenvalue weighted by atomic mass is 31.2. The fourth-order valence-corrected chi connectivity index (χ4v) is 7.80. The van der Waals surface area contributed by atoms with Crippen molar-refractivity contribution in [2.45, 2.75) is 219 Å². The van der Waals surface area contributed by atoms with Gasteiger partial charge in [0.1, 0.15) is 19.8 Å². The summed E-state index contributed by atoms with van der Waals surface area (Å²) in [5.74, 6) is -0.808. The summed E-state index contributed by atoms with van der Waals surface area (Å²) in [6, 6.07) is 0. The molecular weight excluding hydrogens is 858 g/mol. The second-order valence-corrected chi connectivity index (χ2v) is 20.3. The topological polar surface area (TPSA) is 108 Å². The maximum absolute atomic E-state index is 12.7. The van der Waals surface area contributed by atoms with Crippen LogP contribution < -0.4 is 0 Å². The Morgan fingerprint density at radius 2 is 0.851 bits per heavy atom. The van der Waals surface area contributed by atoms with E-state index in [-0.39, 0.29) is 32.0 Å². The van der Waals surface area contributed by atoms with Crippen LogP contribution in [0.25, 0.3) is 0 Å². The van der Waals surface area contributed by atoms with E-state index in [1.807, 2.05) is 21.1 Å². The highest BCUT2D eigenvalue weighted by molar-refractivity contribution is 7.47. The largest absolute Gasteiger partial charge is 0.472 e. The molecule has 0 aliphatic heterocycles. The Labute approximate surface area is 411 Å². The number of ether oxygens (including phenoxy) is 2. The summed E-state index contributed by atoms with van der Waals surface area (Å²) in [6.45, 7) is 4.24. The zero-order chi connectivity index (χ0) is 49.2. The Hall–Kier alpha value is -2.81. The van der Waals surface area contributed by atoms with Crippen molar-refractivity contribution in [1.29, 1.82) is 0 Å². The molecule has 2 unspecified atom stereocenters. The van der Waals surface area contributed by atoms with Crippen LogP contribution in [0.3, 0.4) is 0 Å². The second kappa shape index (κ2) is 48.2. The number of allylic oxidation sites excluding steroid dienone is 14. The zero-order valence-electron chi connectivity index (χ0n) is 43.6. The first kappa shape index (κ1) is 64.2. The van der Waals surface area contributed by atoms with Gasteiger partial charge in [0, 0.05) is 12.8 Å². The lowest BCUT2D eigenvalue weighted by molar-refractivity contribution is -0.870. The van der Waals surface area contributed by atoms with Gasteiger partial charge in [0.05, 0.1) is 27.7 Å². The molecule has 0 aromatic carbocycles. The molecule has 0 aromatic heterocycles. The summed E-state index contributed by atoms with van der Waals surface area (Å²) in [6.07, 6.45) is 64.1. The molecule has 0 amide bonds. The Morgan fingerprint density at radius 1 is 0.478 bits per heavy atom. The molecule has 0 aliphatic carbocycles. The minimum Gasteiger partial charge on any atom is -0.462 e. The molecule has 0 fully saturated rings. The fourth-order valence-electron chi connectivity index (χ4n) is 7.05. The van der Waals surface area contributed by atoms with Gasteiger partial charge in [-0.05, 0) is 70.6 Å². The third-order valence-electron chi connectivity index (χ3n) is 11.2. The van der Waals surface area contributed by atoms with E-state index in [1.54, 1.807) is 0 Å². The predicted octanol–water partition coefficient (Wildman–Crippen LogP) is 16.3. The molecule has 9 nitrogen and oxygen atoms in total. The molecule has 0 spiro atoms. The SMILES string of the molecule is CC/C=C\C/C=C\C/C=C\C/C=C\C/C=C\C/C=C\C/C=C\CCCCCCCCCCCCCCCCCC(=O)OC(COC(=O)CCCCCCCC)COP(=O)(O)OCC[N+](C)(C)C. The summed E-state index contributed by atoms with van der Waals surface area (Å²) in [5.41, 5.74) is 0. The summed E-state index contributed by atoms with van der Waals surface area (Å²) < 4.78 is 34.2. The zero-order valence-corrected chi connectivity index (χ0v) is 44.5. The summed E-state index contributed by atoms with van der Waals surface area (Å²) in [5, 5.41) is 0. The lowest BCUT2D eigenvalue weighted by Gasteiger charge is -2.24. The summed E-state index contributed by atoms with van der Waals surface area (Å²) in [4.78, 5) is 35.2. The van der Waals surface area contributed by atoms with E-state index in [1.165, 1.54) is 89.9 Å². The van der Waals surface area contributed by atoms with Crippen LogP contribution in [0.2, 0.25) is 0 Å². The van der Waals surface area contributed by atoms with Crippen LogP contribution in [0.5, 0.6) is 0 Å². The molecule has 2 atom stereocenters. The van der Waals surface area contributed by atoms with Crippen LogP contribution in [-0.2, 0) is 32.7 Å². The number of quaternary nitrogens is 1. The highest BCUT2D eigenvalue weighted by Gasteiger charge is 2.27. The number of carbonyl (C=O) groups is 2. The van der Waals surface area contributed by atoms with Crippen molar-refractivity contribution in [1.82, 2.24) is 0 Å². The van der Waals surface area contributed by atoms with Crippen molar-refractivity contribution in [2.24, 2.45) is 0 Å². The first-order chi connectivity index (χ1) is 32.5. The lowest BCUT2D eigenvalue weighted by atomic mass is 10.0. The Bertz CT molecular complexity index is 1410. The number of rotatable bonds is 48. The molecule has 67 heavy (non-hydrogen) atoms. The number of phosphoric acid groups is 1. The normalized spacial score (nSPS) is 14.1. The van der Waals surface area contributed by atoms with Crippen molar-refractivity contribution < 1.29 is 42.1 Å². The smallest absolute Gasteiger partial charge is 0.462 e. The van der Waals surface area contributed by atoms with Gasteiger partial charge in [-0.2, -0.15) is 0 Å². The van der Waals surface area contributed by atoms with Gasteiger partial charge >= 0.3 is 19.8 Å². The quantitative estimate of drug-likeness (QED) is 0.0211. The second-order valence-electron chi connectivity index (χ2n) is 18.9. The predicted molar refractivity (Wildman–Crippen MR) is 284 cm³/mol. The molecule has 0 saturated carbocycles. The van der Waals surface area contributed by atoms with E-state index in [4.69, 9.17) is 18.5 Å². The average molecular weight is 959 g/mol. The van der Waals surface area contributed by atoms with E-state index in [0.29, 0.717) is 17.4 Å². The minimum atomic E-state index is -4.37. The van der Waals surface area contributed by atoms with Gasteiger partial charge in [-0.15, -0.1) is 0 Å². The van der Waals surface area contributed by atoms with Crippen molar-refractivity contribution in [3.8, 4) is 0 Å². The third kappa shape index (κ3) is 52.4. The molecule has 0 bridgehead atoms. The maximum atomic E-state index is 12.7. The lowest BCUT2D eigenvalue weighted by Crippen LogP contribution is -2.37. The molecule has 386 valence electrons. The van der Waals surface area contributed by atoms with E-state index < -0.39 is 26.5 Å². The number of carbonyl (C=O) groups excluding carboxylic acids is 2. The number of esters is 2. The van der Waals surface area contributed by atoms with Crippen molar-refractivity contribution >= 4 is 19.8 Å². The molecule has 0 heterocycles. The molecule has 0 saturated heterocycles. The van der Waals surface area contributed by atoms with Gasteiger partial charge < -0.3 is 18.9 Å². The van der Waals surface area contributed by atoms with E-state index in [2.05, 4.69) is 98.9 Å². The Kier molecular flexibility index (Phi) is 46.2. The molecular formula is C57H101NO8P+. The number of hydrogen-bond acceptors (Lipinski definition) is 7. The summed E-state index contributed by atoms with van der Waals surface area (Å²) >= 11 is 0.